The zero-order chi connectivity index (χ0) is 14.2. The van der Waals surface area contributed by atoms with E-state index in [1.807, 2.05) is 42.5 Å². The Morgan fingerprint density at radius 1 is 1.35 bits per heavy atom. The van der Waals surface area contributed by atoms with E-state index in [-0.39, 0.29) is 11.5 Å². The summed E-state index contributed by atoms with van der Waals surface area (Å²) in [6, 6.07) is 11.7. The zero-order valence-electron chi connectivity index (χ0n) is 11.4. The summed E-state index contributed by atoms with van der Waals surface area (Å²) < 4.78 is 0. The van der Waals surface area contributed by atoms with Gasteiger partial charge in [-0.25, -0.2) is 0 Å². The largest absolute Gasteiger partial charge is 0.347 e. The molecule has 0 aliphatic heterocycles. The maximum Gasteiger partial charge on any atom is 0.261 e. The molecule has 0 saturated carbocycles. The van der Waals surface area contributed by atoms with Crippen LogP contribution >= 0.6 is 0 Å². The number of carbonyl (C=O) groups is 1. The van der Waals surface area contributed by atoms with Crippen LogP contribution in [0.1, 0.15) is 24.8 Å². The molecule has 102 valence electrons. The van der Waals surface area contributed by atoms with Crippen molar-refractivity contribution in [1.82, 2.24) is 5.32 Å². The molecule has 0 radical (unpaired) electrons. The minimum atomic E-state index is -0.286. The molecule has 1 unspecified atom stereocenters. The Hall–Kier alpha value is -2.34. The van der Waals surface area contributed by atoms with Crippen LogP contribution in [0.15, 0.2) is 54.1 Å². The van der Waals surface area contributed by atoms with Gasteiger partial charge in [-0.05, 0) is 30.7 Å². The molecule has 20 heavy (non-hydrogen) atoms. The van der Waals surface area contributed by atoms with Crippen molar-refractivity contribution in [2.75, 3.05) is 0 Å². The van der Waals surface area contributed by atoms with Gasteiger partial charge in [-0.2, -0.15) is 5.26 Å². The van der Waals surface area contributed by atoms with Gasteiger partial charge in [-0.1, -0.05) is 48.6 Å². The molecular formula is C17H18N2O. The number of hydrogen-bond acceptors (Lipinski definition) is 2. The fraction of sp³-hybridized carbons (Fsp3) is 0.294. The molecule has 3 nitrogen and oxygen atoms in total. The van der Waals surface area contributed by atoms with Crippen LogP contribution in [0, 0.1) is 17.2 Å². The van der Waals surface area contributed by atoms with Crippen molar-refractivity contribution >= 4 is 5.91 Å². The first kappa shape index (κ1) is 14.1. The summed E-state index contributed by atoms with van der Waals surface area (Å²) in [6.45, 7) is 0.448. The van der Waals surface area contributed by atoms with Crippen molar-refractivity contribution in [3.63, 3.8) is 0 Å². The third kappa shape index (κ3) is 4.10. The number of allylic oxidation sites excluding steroid dienone is 3. The van der Waals surface area contributed by atoms with Crippen LogP contribution in [0.25, 0.3) is 0 Å². The second-order valence-corrected chi connectivity index (χ2v) is 4.90. The normalized spacial score (nSPS) is 18.4. The number of amides is 1. The molecule has 0 fully saturated rings. The molecule has 0 saturated heterocycles. The summed E-state index contributed by atoms with van der Waals surface area (Å²) in [7, 11) is 0. The van der Waals surface area contributed by atoms with E-state index >= 15 is 0 Å². The molecule has 1 N–H and O–H groups in total. The van der Waals surface area contributed by atoms with Gasteiger partial charge in [-0.3, -0.25) is 4.79 Å². The molecule has 2 rings (SSSR count). The van der Waals surface area contributed by atoms with Crippen molar-refractivity contribution in [2.45, 2.75) is 25.8 Å². The highest BCUT2D eigenvalue weighted by molar-refractivity contribution is 5.97. The van der Waals surface area contributed by atoms with Gasteiger partial charge in [-0.15, -0.1) is 0 Å². The average Bonchev–Trinajstić information content (AvgIpc) is 2.52. The third-order valence-corrected chi connectivity index (χ3v) is 3.37. The minimum Gasteiger partial charge on any atom is -0.347 e. The number of nitriles is 1. The highest BCUT2D eigenvalue weighted by atomic mass is 16.1. The first-order valence-corrected chi connectivity index (χ1v) is 6.88. The van der Waals surface area contributed by atoms with Gasteiger partial charge in [0.1, 0.15) is 11.6 Å². The average molecular weight is 266 g/mol. The first-order chi connectivity index (χ1) is 9.79. The molecule has 1 aliphatic carbocycles. The van der Waals surface area contributed by atoms with Gasteiger partial charge < -0.3 is 5.32 Å². The molecule has 1 atom stereocenters. The zero-order valence-corrected chi connectivity index (χ0v) is 11.4. The van der Waals surface area contributed by atoms with E-state index < -0.39 is 0 Å². The Balaban J connectivity index is 1.94. The standard InChI is InChI=1S/C17H18N2O/c18-12-16(11-14-7-3-1-4-8-14)17(20)19-13-15-9-5-2-6-10-15/h1-3,5-6,9-11,14H,4,7-8,13H2,(H,19,20). The van der Waals surface area contributed by atoms with E-state index in [1.165, 1.54) is 0 Å². The Kier molecular flexibility index (Phi) is 5.14. The van der Waals surface area contributed by atoms with E-state index in [1.54, 1.807) is 0 Å². The molecule has 3 heteroatoms. The maximum absolute atomic E-state index is 12.0. The van der Waals surface area contributed by atoms with Crippen LogP contribution < -0.4 is 5.32 Å². The molecule has 1 aliphatic rings. The number of nitrogens with one attached hydrogen (secondary N) is 1. The Labute approximate surface area is 119 Å². The second-order valence-electron chi connectivity index (χ2n) is 4.90. The van der Waals surface area contributed by atoms with Crippen molar-refractivity contribution in [2.24, 2.45) is 5.92 Å². The Morgan fingerprint density at radius 3 is 2.80 bits per heavy atom. The van der Waals surface area contributed by atoms with Gasteiger partial charge in [0, 0.05) is 6.54 Å². The van der Waals surface area contributed by atoms with Crippen LogP contribution in [0.2, 0.25) is 0 Å². The molecule has 1 aromatic carbocycles. The van der Waals surface area contributed by atoms with E-state index in [0.717, 1.165) is 24.8 Å². The van der Waals surface area contributed by atoms with Crippen LogP contribution in [0.5, 0.6) is 0 Å². The molecule has 0 bridgehead atoms. The summed E-state index contributed by atoms with van der Waals surface area (Å²) in [5.41, 5.74) is 1.25. The van der Waals surface area contributed by atoms with Crippen LogP contribution in [-0.2, 0) is 11.3 Å². The van der Waals surface area contributed by atoms with Gasteiger partial charge in [0.25, 0.3) is 5.91 Å². The second kappa shape index (κ2) is 7.30. The summed E-state index contributed by atoms with van der Waals surface area (Å²) >= 11 is 0. The van der Waals surface area contributed by atoms with Crippen LogP contribution in [0.4, 0.5) is 0 Å². The summed E-state index contributed by atoms with van der Waals surface area (Å²) in [6.07, 6.45) is 9.01. The van der Waals surface area contributed by atoms with E-state index in [2.05, 4.69) is 17.5 Å². The van der Waals surface area contributed by atoms with E-state index in [0.29, 0.717) is 12.5 Å². The van der Waals surface area contributed by atoms with Gasteiger partial charge >= 0.3 is 0 Å². The van der Waals surface area contributed by atoms with E-state index in [9.17, 15) is 4.79 Å². The molecular weight excluding hydrogens is 248 g/mol. The summed E-state index contributed by atoms with van der Waals surface area (Å²) in [5, 5.41) is 11.9. The van der Waals surface area contributed by atoms with Gasteiger partial charge in [0.15, 0.2) is 0 Å². The summed E-state index contributed by atoms with van der Waals surface area (Å²) in [4.78, 5) is 12.0. The fourth-order valence-corrected chi connectivity index (χ4v) is 2.24. The predicted octanol–water partition coefficient (Wildman–Crippen LogP) is 3.11. The highest BCUT2D eigenvalue weighted by Gasteiger charge is 2.13. The molecule has 1 amide bonds. The topological polar surface area (TPSA) is 52.9 Å². The molecule has 1 aromatic rings. The van der Waals surface area contributed by atoms with Crippen molar-refractivity contribution < 1.29 is 4.79 Å². The number of nitrogens with zero attached hydrogens (tertiary/aromatic N) is 1. The first-order valence-electron chi connectivity index (χ1n) is 6.88. The third-order valence-electron chi connectivity index (χ3n) is 3.37. The maximum atomic E-state index is 12.0. The Bertz CT molecular complexity index is 552. The lowest BCUT2D eigenvalue weighted by Crippen LogP contribution is -2.24. The van der Waals surface area contributed by atoms with Gasteiger partial charge in [0.2, 0.25) is 0 Å². The number of carbonyl (C=O) groups excluding carboxylic acids is 1. The predicted molar refractivity (Wildman–Crippen MR) is 78.5 cm³/mol. The molecule has 0 aromatic heterocycles. The molecule has 0 spiro atoms. The number of benzene rings is 1. The lowest BCUT2D eigenvalue weighted by Gasteiger charge is -2.13. The van der Waals surface area contributed by atoms with Crippen molar-refractivity contribution in [1.29, 1.82) is 5.26 Å². The fourth-order valence-electron chi connectivity index (χ4n) is 2.24. The van der Waals surface area contributed by atoms with Gasteiger partial charge in [0.05, 0.1) is 0 Å². The van der Waals surface area contributed by atoms with Crippen molar-refractivity contribution in [3.8, 4) is 6.07 Å². The van der Waals surface area contributed by atoms with Crippen LogP contribution in [0.3, 0.4) is 0 Å². The molecule has 0 heterocycles. The lowest BCUT2D eigenvalue weighted by molar-refractivity contribution is -0.117. The smallest absolute Gasteiger partial charge is 0.261 e. The quantitative estimate of drug-likeness (QED) is 0.517. The SMILES string of the molecule is N#CC(=CC1CC=CCC1)C(=O)NCc1ccccc1. The van der Waals surface area contributed by atoms with Crippen molar-refractivity contribution in [3.05, 3.63) is 59.7 Å². The van der Waals surface area contributed by atoms with E-state index in [4.69, 9.17) is 5.26 Å². The summed E-state index contributed by atoms with van der Waals surface area (Å²) in [5.74, 6) is 0.0167. The lowest BCUT2D eigenvalue weighted by atomic mass is 9.92. The minimum absolute atomic E-state index is 0.223. The number of rotatable bonds is 4. The van der Waals surface area contributed by atoms with Crippen LogP contribution in [-0.4, -0.2) is 5.91 Å². The Morgan fingerprint density at radius 2 is 2.15 bits per heavy atom. The number of hydrogen-bond donors (Lipinski definition) is 1. The monoisotopic (exact) mass is 266 g/mol. The highest BCUT2D eigenvalue weighted by Crippen LogP contribution is 2.20.